The monoisotopic (exact) mass is 951 g/mol. The second-order valence-corrected chi connectivity index (χ2v) is 20.7. The quantitative estimate of drug-likeness (QED) is 0.143. The van der Waals surface area contributed by atoms with Crippen LogP contribution in [-0.2, 0) is 5.41 Å². The number of hydrogen-bond acceptors (Lipinski definition) is 3. The largest absolute Gasteiger partial charge is 0.310 e. The van der Waals surface area contributed by atoms with Crippen LogP contribution >= 0.6 is 11.3 Å². The maximum atomic E-state index is 2.51. The number of hydrogen-bond donors (Lipinski definition) is 0. The van der Waals surface area contributed by atoms with Crippen molar-refractivity contribution >= 4 is 87.4 Å². The lowest BCUT2D eigenvalue weighted by molar-refractivity contribution is 0.660. The van der Waals surface area contributed by atoms with E-state index in [9.17, 15) is 0 Å². The predicted molar refractivity (Wildman–Crippen MR) is 311 cm³/mol. The van der Waals surface area contributed by atoms with Gasteiger partial charge in [-0.2, -0.15) is 0 Å². The maximum absolute atomic E-state index is 2.51. The van der Waals surface area contributed by atoms with E-state index < -0.39 is 0 Å². The maximum Gasteiger partial charge on any atom is 0.0634 e. The fourth-order valence-electron chi connectivity index (χ4n) is 11.7. The first kappa shape index (κ1) is 42.9. The van der Waals surface area contributed by atoms with Crippen molar-refractivity contribution in [3.63, 3.8) is 0 Å². The van der Waals surface area contributed by atoms with Crippen LogP contribution < -0.4 is 9.80 Å². The molecular formula is C69H49N3S. The Labute approximate surface area is 429 Å². The van der Waals surface area contributed by atoms with E-state index in [1.165, 1.54) is 80.9 Å². The Balaban J connectivity index is 1.08. The first-order valence-electron chi connectivity index (χ1n) is 25.2. The lowest BCUT2D eigenvalue weighted by Gasteiger charge is -2.32. The van der Waals surface area contributed by atoms with Gasteiger partial charge in [0.05, 0.1) is 16.7 Å². The lowest BCUT2D eigenvalue weighted by Crippen LogP contribution is -2.17. The van der Waals surface area contributed by atoms with Gasteiger partial charge in [-0.05, 0) is 124 Å². The molecule has 0 saturated heterocycles. The van der Waals surface area contributed by atoms with Gasteiger partial charge in [-0.25, -0.2) is 0 Å². The third-order valence-electron chi connectivity index (χ3n) is 15.2. The highest BCUT2D eigenvalue weighted by atomic mass is 32.1. The molecule has 0 radical (unpaired) electrons. The van der Waals surface area contributed by atoms with Crippen LogP contribution in [0.3, 0.4) is 0 Å². The molecule has 73 heavy (non-hydrogen) atoms. The molecule has 1 aliphatic rings. The summed E-state index contributed by atoms with van der Waals surface area (Å²) in [5.74, 6) is 0. The molecule has 0 bridgehead atoms. The van der Waals surface area contributed by atoms with Crippen molar-refractivity contribution in [3.05, 3.63) is 272 Å². The van der Waals surface area contributed by atoms with Crippen LogP contribution in [0.25, 0.3) is 81.0 Å². The number of aromatic nitrogens is 1. The van der Waals surface area contributed by atoms with E-state index in [-0.39, 0.29) is 5.41 Å². The van der Waals surface area contributed by atoms with Crippen molar-refractivity contribution in [2.45, 2.75) is 19.3 Å². The smallest absolute Gasteiger partial charge is 0.0634 e. The van der Waals surface area contributed by atoms with Crippen molar-refractivity contribution < 1.29 is 0 Å². The van der Waals surface area contributed by atoms with Crippen molar-refractivity contribution in [3.8, 4) is 39.1 Å². The number of benzene rings is 11. The lowest BCUT2D eigenvalue weighted by atomic mass is 9.82. The van der Waals surface area contributed by atoms with Gasteiger partial charge in [0.15, 0.2) is 0 Å². The van der Waals surface area contributed by atoms with Crippen LogP contribution in [0.5, 0.6) is 0 Å². The molecule has 0 N–H and O–H groups in total. The van der Waals surface area contributed by atoms with Crippen molar-refractivity contribution in [1.29, 1.82) is 0 Å². The molecule has 1 aliphatic carbocycles. The summed E-state index contributed by atoms with van der Waals surface area (Å²) >= 11 is 1.89. The molecule has 0 amide bonds. The van der Waals surface area contributed by atoms with Crippen LogP contribution in [0.2, 0.25) is 0 Å². The summed E-state index contributed by atoms with van der Waals surface area (Å²) in [7, 11) is 0. The highest BCUT2D eigenvalue weighted by molar-refractivity contribution is 7.26. The van der Waals surface area contributed by atoms with Gasteiger partial charge in [0.25, 0.3) is 0 Å². The van der Waals surface area contributed by atoms with Gasteiger partial charge < -0.3 is 14.4 Å². The number of anilines is 6. The zero-order chi connectivity index (χ0) is 48.6. The summed E-state index contributed by atoms with van der Waals surface area (Å²) in [6.45, 7) is 4.75. The molecule has 0 atom stereocenters. The molecule has 346 valence electrons. The minimum Gasteiger partial charge on any atom is -0.310 e. The summed E-state index contributed by atoms with van der Waals surface area (Å²) in [6, 6.07) is 95.9. The fraction of sp³-hybridized carbons (Fsp3) is 0.0435. The van der Waals surface area contributed by atoms with Crippen molar-refractivity contribution in [2.24, 2.45) is 0 Å². The molecule has 0 saturated carbocycles. The SMILES string of the molecule is CC1(C)c2ccccc2-c2ccc(N(c3ccccc3)c3cc(N(c4ccccc4)c4ccc(-c5ccccc5)cc4)ccc3-c3cc4c5ccccc5n(-c5ccccc5)c4c4c3sc3ccccc34)cc21. The number of rotatable bonds is 9. The van der Waals surface area contributed by atoms with Crippen molar-refractivity contribution in [1.82, 2.24) is 4.57 Å². The second kappa shape index (κ2) is 17.1. The molecule has 11 aromatic carbocycles. The summed E-state index contributed by atoms with van der Waals surface area (Å²) in [5.41, 5.74) is 19.9. The first-order valence-corrected chi connectivity index (χ1v) is 26.0. The zero-order valence-electron chi connectivity index (χ0n) is 40.6. The molecule has 2 aromatic heterocycles. The van der Waals surface area contributed by atoms with Gasteiger partial charge in [-0.1, -0.05) is 184 Å². The number of para-hydroxylation sites is 4. The average molecular weight is 952 g/mol. The van der Waals surface area contributed by atoms with Crippen LogP contribution in [0.15, 0.2) is 261 Å². The van der Waals surface area contributed by atoms with E-state index in [4.69, 9.17) is 0 Å². The van der Waals surface area contributed by atoms with Crippen LogP contribution in [0.4, 0.5) is 34.1 Å². The number of nitrogens with zero attached hydrogens (tertiary/aromatic N) is 3. The van der Waals surface area contributed by atoms with E-state index in [1.54, 1.807) is 0 Å². The van der Waals surface area contributed by atoms with Gasteiger partial charge in [0.1, 0.15) is 0 Å². The molecule has 2 heterocycles. The molecule has 4 heteroatoms. The molecule has 0 spiro atoms. The Hall–Kier alpha value is -8.96. The van der Waals surface area contributed by atoms with Gasteiger partial charge >= 0.3 is 0 Å². The van der Waals surface area contributed by atoms with Crippen LogP contribution in [0.1, 0.15) is 25.0 Å². The van der Waals surface area contributed by atoms with E-state index in [2.05, 4.69) is 289 Å². The minimum absolute atomic E-state index is 0.188. The van der Waals surface area contributed by atoms with Gasteiger partial charge in [-0.15, -0.1) is 11.3 Å². The van der Waals surface area contributed by atoms with Crippen molar-refractivity contribution in [2.75, 3.05) is 9.80 Å². The second-order valence-electron chi connectivity index (χ2n) is 19.7. The molecule has 3 nitrogen and oxygen atoms in total. The number of fused-ring (bicyclic) bond motifs is 10. The third-order valence-corrected chi connectivity index (χ3v) is 16.4. The average Bonchev–Trinajstić information content (AvgIpc) is 4.09. The summed E-state index contributed by atoms with van der Waals surface area (Å²) < 4.78 is 5.02. The van der Waals surface area contributed by atoms with E-state index in [1.807, 2.05) is 11.3 Å². The topological polar surface area (TPSA) is 11.4 Å². The normalized spacial score (nSPS) is 12.6. The first-order chi connectivity index (χ1) is 36.0. The Morgan fingerprint density at radius 1 is 0.370 bits per heavy atom. The van der Waals surface area contributed by atoms with E-state index >= 15 is 0 Å². The highest BCUT2D eigenvalue weighted by Gasteiger charge is 2.36. The molecule has 0 aliphatic heterocycles. The van der Waals surface area contributed by atoms with Gasteiger partial charge in [0.2, 0.25) is 0 Å². The molecule has 0 fully saturated rings. The predicted octanol–water partition coefficient (Wildman–Crippen LogP) is 19.7. The molecule has 0 unspecified atom stereocenters. The van der Waals surface area contributed by atoms with E-state index in [0.717, 1.165) is 45.4 Å². The molecule has 13 aromatic rings. The van der Waals surface area contributed by atoms with Gasteiger partial charge in [-0.3, -0.25) is 0 Å². The summed E-state index contributed by atoms with van der Waals surface area (Å²) in [6.07, 6.45) is 0. The third kappa shape index (κ3) is 6.93. The number of thiophene rings is 1. The Bertz CT molecular complexity index is 4210. The zero-order valence-corrected chi connectivity index (χ0v) is 41.4. The summed E-state index contributed by atoms with van der Waals surface area (Å²) in [5, 5.41) is 5.00. The Morgan fingerprint density at radius 3 is 1.64 bits per heavy atom. The minimum atomic E-state index is -0.188. The summed E-state index contributed by atoms with van der Waals surface area (Å²) in [4.78, 5) is 4.91. The Morgan fingerprint density at radius 2 is 0.904 bits per heavy atom. The highest BCUT2D eigenvalue weighted by Crippen LogP contribution is 2.54. The molecular weight excluding hydrogens is 903 g/mol. The molecule has 14 rings (SSSR count). The standard InChI is InChI=1S/C69H49N3S/c1-69(2)61-32-18-15-29-54(61)55-41-39-52(43-62(55)69)71(49-25-11-5-12-26-49)64-44-53(70(48-23-9-4-10-24-48)51-37-35-47(36-38-51)46-21-7-3-8-22-46)40-42-57(64)60-45-59-56-30-16-19-33-63(56)72(50-27-13-6-14-28-50)67(59)66-58-31-17-20-34-65(58)73-68(60)66/h3-45H,1-2H3. The van der Waals surface area contributed by atoms with Crippen LogP contribution in [0, 0.1) is 0 Å². The van der Waals surface area contributed by atoms with Crippen LogP contribution in [-0.4, -0.2) is 4.57 Å². The fourth-order valence-corrected chi connectivity index (χ4v) is 13.0. The van der Waals surface area contributed by atoms with Gasteiger partial charge in [0, 0.05) is 81.6 Å². The Kier molecular flexibility index (Phi) is 10.1. The van der Waals surface area contributed by atoms with E-state index in [0.29, 0.717) is 0 Å².